The molecule has 1 atom stereocenters. The van der Waals surface area contributed by atoms with Gasteiger partial charge in [-0.1, -0.05) is 0 Å². The molecule has 0 aliphatic rings. The van der Waals surface area contributed by atoms with E-state index in [2.05, 4.69) is 4.74 Å². The molecule has 1 unspecified atom stereocenters. The highest BCUT2D eigenvalue weighted by molar-refractivity contribution is 5.74. The van der Waals surface area contributed by atoms with E-state index in [0.29, 0.717) is 6.42 Å². The summed E-state index contributed by atoms with van der Waals surface area (Å²) in [7, 11) is 1.21. The Labute approximate surface area is 59.4 Å². The second-order valence-corrected chi connectivity index (χ2v) is 1.90. The summed E-state index contributed by atoms with van der Waals surface area (Å²) in [4.78, 5) is 10.5. The van der Waals surface area contributed by atoms with Crippen molar-refractivity contribution in [2.24, 2.45) is 0 Å². The van der Waals surface area contributed by atoms with Gasteiger partial charge >= 0.3 is 5.97 Å². The summed E-state index contributed by atoms with van der Waals surface area (Å²) in [5.41, 5.74) is 0. The number of ether oxygens (including phenoxy) is 1. The fourth-order valence-electron chi connectivity index (χ4n) is 0.539. The molecular formula is C6H12O4. The van der Waals surface area contributed by atoms with E-state index in [9.17, 15) is 4.79 Å². The summed E-state index contributed by atoms with van der Waals surface area (Å²) < 4.78 is 4.24. The fourth-order valence-corrected chi connectivity index (χ4v) is 0.539. The Morgan fingerprint density at radius 1 is 1.70 bits per heavy atom. The van der Waals surface area contributed by atoms with Crippen molar-refractivity contribution in [2.45, 2.75) is 18.9 Å². The molecule has 0 spiro atoms. The fraction of sp³-hybridized carbons (Fsp3) is 0.833. The van der Waals surface area contributed by atoms with Crippen molar-refractivity contribution in [3.05, 3.63) is 0 Å². The van der Waals surface area contributed by atoms with E-state index in [1.54, 1.807) is 0 Å². The minimum Gasteiger partial charge on any atom is -0.467 e. The Balaban J connectivity index is 3.41. The van der Waals surface area contributed by atoms with Crippen LogP contribution in [0.4, 0.5) is 0 Å². The summed E-state index contributed by atoms with van der Waals surface area (Å²) in [6.07, 6.45) is -0.420. The van der Waals surface area contributed by atoms with Crippen molar-refractivity contribution >= 4 is 5.97 Å². The number of rotatable bonds is 4. The average Bonchev–Trinajstić information content (AvgIpc) is 1.98. The molecule has 0 fully saturated rings. The number of hydrogen-bond acceptors (Lipinski definition) is 4. The molecule has 4 heteroatoms. The van der Waals surface area contributed by atoms with Crippen molar-refractivity contribution in [1.82, 2.24) is 0 Å². The minimum absolute atomic E-state index is 0.0198. The monoisotopic (exact) mass is 148 g/mol. The predicted molar refractivity (Wildman–Crippen MR) is 34.3 cm³/mol. The lowest BCUT2D eigenvalue weighted by Gasteiger charge is -2.05. The van der Waals surface area contributed by atoms with E-state index >= 15 is 0 Å². The van der Waals surface area contributed by atoms with Crippen molar-refractivity contribution < 1.29 is 19.7 Å². The zero-order valence-electron chi connectivity index (χ0n) is 5.91. The van der Waals surface area contributed by atoms with Gasteiger partial charge in [0.25, 0.3) is 0 Å². The van der Waals surface area contributed by atoms with Gasteiger partial charge in [0.2, 0.25) is 0 Å². The summed E-state index contributed by atoms with van der Waals surface area (Å²) in [6, 6.07) is 0. The molecule has 0 aromatic carbocycles. The molecule has 2 N–H and O–H groups in total. The summed E-state index contributed by atoms with van der Waals surface area (Å²) in [6.45, 7) is -0.0198. The molecule has 0 aromatic rings. The van der Waals surface area contributed by atoms with Gasteiger partial charge in [0.1, 0.15) is 0 Å². The third kappa shape index (κ3) is 3.42. The van der Waals surface area contributed by atoms with Gasteiger partial charge < -0.3 is 14.9 Å². The van der Waals surface area contributed by atoms with Crippen LogP contribution in [0.3, 0.4) is 0 Å². The van der Waals surface area contributed by atoms with Crippen LogP contribution in [0.25, 0.3) is 0 Å². The molecule has 0 saturated heterocycles. The zero-order chi connectivity index (χ0) is 7.98. The third-order valence-electron chi connectivity index (χ3n) is 1.11. The zero-order valence-corrected chi connectivity index (χ0v) is 5.91. The number of aliphatic hydroxyl groups is 2. The number of hydrogen-bond donors (Lipinski definition) is 2. The first-order valence-corrected chi connectivity index (χ1v) is 3.09. The standard InChI is InChI=1S/C6H12O4/c1-10-6(9)5(8)3-2-4-7/h5,7-8H,2-4H2,1H3. The van der Waals surface area contributed by atoms with E-state index in [-0.39, 0.29) is 13.0 Å². The molecule has 0 saturated carbocycles. The molecule has 0 aliphatic heterocycles. The van der Waals surface area contributed by atoms with E-state index in [0.717, 1.165) is 0 Å². The second-order valence-electron chi connectivity index (χ2n) is 1.90. The molecule has 0 aliphatic carbocycles. The van der Waals surface area contributed by atoms with Gasteiger partial charge in [-0.15, -0.1) is 0 Å². The lowest BCUT2D eigenvalue weighted by atomic mass is 10.2. The van der Waals surface area contributed by atoms with E-state index in [1.165, 1.54) is 7.11 Å². The molecule has 60 valence electrons. The molecule has 0 bridgehead atoms. The quantitative estimate of drug-likeness (QED) is 0.517. The molecule has 0 rings (SSSR count). The second kappa shape index (κ2) is 5.20. The van der Waals surface area contributed by atoms with Gasteiger partial charge in [0.15, 0.2) is 6.10 Å². The normalized spacial score (nSPS) is 12.7. The highest BCUT2D eigenvalue weighted by atomic mass is 16.5. The molecular weight excluding hydrogens is 136 g/mol. The lowest BCUT2D eigenvalue weighted by Crippen LogP contribution is -2.21. The van der Waals surface area contributed by atoms with Crippen molar-refractivity contribution in [3.63, 3.8) is 0 Å². The van der Waals surface area contributed by atoms with Gasteiger partial charge in [0, 0.05) is 6.61 Å². The average molecular weight is 148 g/mol. The minimum atomic E-state index is -1.09. The molecule has 0 amide bonds. The van der Waals surface area contributed by atoms with Gasteiger partial charge in [-0.05, 0) is 12.8 Å². The van der Waals surface area contributed by atoms with Gasteiger partial charge in [-0.25, -0.2) is 4.79 Å². The summed E-state index contributed by atoms with van der Waals surface area (Å²) in [5, 5.41) is 17.2. The molecule has 10 heavy (non-hydrogen) atoms. The molecule has 0 heterocycles. The van der Waals surface area contributed by atoms with Crippen LogP contribution in [0.5, 0.6) is 0 Å². The van der Waals surface area contributed by atoms with Gasteiger partial charge in [0.05, 0.1) is 7.11 Å². The summed E-state index contributed by atoms with van der Waals surface area (Å²) >= 11 is 0. The van der Waals surface area contributed by atoms with Crippen LogP contribution in [0, 0.1) is 0 Å². The van der Waals surface area contributed by atoms with Crippen LogP contribution in [0.15, 0.2) is 0 Å². The maximum Gasteiger partial charge on any atom is 0.334 e. The Morgan fingerprint density at radius 2 is 2.30 bits per heavy atom. The van der Waals surface area contributed by atoms with Crippen LogP contribution < -0.4 is 0 Å². The Kier molecular flexibility index (Phi) is 4.88. The Bertz CT molecular complexity index is 102. The number of aliphatic hydroxyl groups excluding tert-OH is 2. The maximum absolute atomic E-state index is 10.5. The van der Waals surface area contributed by atoms with Crippen LogP contribution in [-0.2, 0) is 9.53 Å². The van der Waals surface area contributed by atoms with Crippen LogP contribution in [0.1, 0.15) is 12.8 Å². The number of carbonyl (C=O) groups excluding carboxylic acids is 1. The van der Waals surface area contributed by atoms with Crippen LogP contribution in [0.2, 0.25) is 0 Å². The predicted octanol–water partition coefficient (Wildman–Crippen LogP) is -0.707. The van der Waals surface area contributed by atoms with Crippen molar-refractivity contribution in [2.75, 3.05) is 13.7 Å². The highest BCUT2D eigenvalue weighted by Gasteiger charge is 2.13. The van der Waals surface area contributed by atoms with Crippen LogP contribution in [-0.4, -0.2) is 36.0 Å². The highest BCUT2D eigenvalue weighted by Crippen LogP contribution is 1.97. The Morgan fingerprint density at radius 3 is 2.70 bits per heavy atom. The number of carbonyl (C=O) groups is 1. The lowest BCUT2D eigenvalue weighted by molar-refractivity contribution is -0.150. The first kappa shape index (κ1) is 9.39. The van der Waals surface area contributed by atoms with Gasteiger partial charge in [-0.2, -0.15) is 0 Å². The van der Waals surface area contributed by atoms with E-state index < -0.39 is 12.1 Å². The summed E-state index contributed by atoms with van der Waals surface area (Å²) in [5.74, 6) is -0.645. The Hall–Kier alpha value is -0.610. The first-order valence-electron chi connectivity index (χ1n) is 3.09. The van der Waals surface area contributed by atoms with Gasteiger partial charge in [-0.3, -0.25) is 0 Å². The third-order valence-corrected chi connectivity index (χ3v) is 1.11. The SMILES string of the molecule is COC(=O)C(O)CCCO. The van der Waals surface area contributed by atoms with E-state index in [4.69, 9.17) is 10.2 Å². The topological polar surface area (TPSA) is 66.8 Å². The largest absolute Gasteiger partial charge is 0.467 e. The number of methoxy groups -OCH3 is 1. The van der Waals surface area contributed by atoms with Crippen LogP contribution >= 0.6 is 0 Å². The molecule has 4 nitrogen and oxygen atoms in total. The van der Waals surface area contributed by atoms with E-state index in [1.807, 2.05) is 0 Å². The maximum atomic E-state index is 10.5. The van der Waals surface area contributed by atoms with Crippen molar-refractivity contribution in [3.8, 4) is 0 Å². The molecule has 0 radical (unpaired) electrons. The first-order chi connectivity index (χ1) is 4.72. The number of esters is 1. The smallest absolute Gasteiger partial charge is 0.334 e. The van der Waals surface area contributed by atoms with Crippen molar-refractivity contribution in [1.29, 1.82) is 0 Å². The molecule has 0 aromatic heterocycles.